The van der Waals surface area contributed by atoms with E-state index in [9.17, 15) is 9.59 Å². The zero-order chi connectivity index (χ0) is 15.2. The molecule has 1 atom stereocenters. The fourth-order valence-corrected chi connectivity index (χ4v) is 1.52. The second-order valence-corrected chi connectivity index (χ2v) is 5.41. The van der Waals surface area contributed by atoms with Crippen molar-refractivity contribution in [1.29, 1.82) is 0 Å². The van der Waals surface area contributed by atoms with Gasteiger partial charge < -0.3 is 14.6 Å². The highest BCUT2D eigenvalue weighted by molar-refractivity contribution is 5.80. The van der Waals surface area contributed by atoms with E-state index in [0.29, 0.717) is 0 Å². The third-order valence-corrected chi connectivity index (χ3v) is 2.34. The molecule has 0 saturated carbocycles. The van der Waals surface area contributed by atoms with Gasteiger partial charge >= 0.3 is 11.9 Å². The summed E-state index contributed by atoms with van der Waals surface area (Å²) in [5.74, 6) is -1.76. The molecule has 0 heterocycles. The number of carboxylic acids is 1. The van der Waals surface area contributed by atoms with E-state index in [1.165, 1.54) is 0 Å². The Morgan fingerprint density at radius 2 is 1.80 bits per heavy atom. The monoisotopic (exact) mass is 280 g/mol. The van der Waals surface area contributed by atoms with Gasteiger partial charge in [0.1, 0.15) is 5.60 Å². The van der Waals surface area contributed by atoms with Gasteiger partial charge in [-0.2, -0.15) is 0 Å². The van der Waals surface area contributed by atoms with Gasteiger partial charge in [0.15, 0.2) is 6.10 Å². The third-order valence-electron chi connectivity index (χ3n) is 2.34. The lowest BCUT2D eigenvalue weighted by Gasteiger charge is -2.21. The second kappa shape index (κ2) is 7.05. The number of aliphatic carboxylic acids is 1. The maximum Gasteiger partial charge on any atom is 0.333 e. The van der Waals surface area contributed by atoms with Crippen LogP contribution < -0.4 is 0 Å². The van der Waals surface area contributed by atoms with Crippen LogP contribution in [0.3, 0.4) is 0 Å². The van der Waals surface area contributed by atoms with Crippen LogP contribution in [0.1, 0.15) is 32.8 Å². The Kier molecular flexibility index (Phi) is 5.70. The normalized spacial score (nSPS) is 12.8. The lowest BCUT2D eigenvalue weighted by molar-refractivity contribution is -0.166. The Morgan fingerprint density at radius 3 is 2.30 bits per heavy atom. The van der Waals surface area contributed by atoms with Crippen molar-refractivity contribution in [3.63, 3.8) is 0 Å². The molecule has 0 aromatic heterocycles. The highest BCUT2D eigenvalue weighted by atomic mass is 16.6. The lowest BCUT2D eigenvalue weighted by atomic mass is 10.2. The van der Waals surface area contributed by atoms with Gasteiger partial charge in [0.2, 0.25) is 0 Å². The summed E-state index contributed by atoms with van der Waals surface area (Å²) in [6, 6.07) is 9.18. The quantitative estimate of drug-likeness (QED) is 0.810. The predicted molar refractivity (Wildman–Crippen MR) is 73.1 cm³/mol. The molecule has 20 heavy (non-hydrogen) atoms. The molecule has 0 fully saturated rings. The number of hydrogen-bond acceptors (Lipinski definition) is 4. The summed E-state index contributed by atoms with van der Waals surface area (Å²) in [6.45, 7) is 5.32. The highest BCUT2D eigenvalue weighted by Crippen LogP contribution is 2.12. The van der Waals surface area contributed by atoms with E-state index in [2.05, 4.69) is 0 Å². The summed E-state index contributed by atoms with van der Waals surface area (Å²) in [7, 11) is 0. The van der Waals surface area contributed by atoms with Crippen molar-refractivity contribution >= 4 is 11.9 Å². The number of esters is 1. The number of hydrogen-bond donors (Lipinski definition) is 1. The standard InChI is InChI=1S/C15H20O5/c1-15(2,3)20-13(16)9-12(14(17)18)19-10-11-7-5-4-6-8-11/h4-8,12H,9-10H2,1-3H3,(H,17,18)/t12-/m1/s1. The lowest BCUT2D eigenvalue weighted by Crippen LogP contribution is -2.31. The molecule has 110 valence electrons. The molecule has 1 rings (SSSR count). The summed E-state index contributed by atoms with van der Waals surface area (Å²) in [4.78, 5) is 22.7. The minimum atomic E-state index is -1.20. The maximum atomic E-state index is 11.6. The summed E-state index contributed by atoms with van der Waals surface area (Å²) in [5.41, 5.74) is 0.211. The molecule has 1 N–H and O–H groups in total. The zero-order valence-corrected chi connectivity index (χ0v) is 12.0. The van der Waals surface area contributed by atoms with Gasteiger partial charge in [0.05, 0.1) is 13.0 Å². The van der Waals surface area contributed by atoms with E-state index >= 15 is 0 Å². The van der Waals surface area contributed by atoms with Crippen LogP contribution in [0.2, 0.25) is 0 Å². The first kappa shape index (κ1) is 16.2. The summed E-state index contributed by atoms with van der Waals surface area (Å²) >= 11 is 0. The maximum absolute atomic E-state index is 11.6. The van der Waals surface area contributed by atoms with Crippen molar-refractivity contribution < 1.29 is 24.2 Å². The fraction of sp³-hybridized carbons (Fsp3) is 0.467. The van der Waals surface area contributed by atoms with Crippen LogP contribution in [-0.4, -0.2) is 28.8 Å². The van der Waals surface area contributed by atoms with Gasteiger partial charge in [-0.25, -0.2) is 4.79 Å². The molecule has 5 nitrogen and oxygen atoms in total. The minimum Gasteiger partial charge on any atom is -0.479 e. The third kappa shape index (κ3) is 6.33. The Hall–Kier alpha value is -1.88. The van der Waals surface area contributed by atoms with Gasteiger partial charge in [-0.3, -0.25) is 4.79 Å². The Bertz CT molecular complexity index is 447. The van der Waals surface area contributed by atoms with Crippen LogP contribution in [0.5, 0.6) is 0 Å². The molecule has 0 spiro atoms. The molecule has 0 bridgehead atoms. The summed E-state index contributed by atoms with van der Waals surface area (Å²) < 4.78 is 10.4. The predicted octanol–water partition coefficient (Wildman–Crippen LogP) is 2.39. The van der Waals surface area contributed by atoms with E-state index in [1.807, 2.05) is 30.3 Å². The molecule has 0 aliphatic carbocycles. The molecular weight excluding hydrogens is 260 g/mol. The molecule has 5 heteroatoms. The van der Waals surface area contributed by atoms with Crippen molar-refractivity contribution in [2.45, 2.75) is 45.5 Å². The van der Waals surface area contributed by atoms with Crippen LogP contribution >= 0.6 is 0 Å². The molecule has 0 radical (unpaired) electrons. The largest absolute Gasteiger partial charge is 0.479 e. The minimum absolute atomic E-state index is 0.139. The highest BCUT2D eigenvalue weighted by Gasteiger charge is 2.25. The van der Waals surface area contributed by atoms with Crippen LogP contribution in [-0.2, 0) is 25.7 Å². The number of rotatable bonds is 6. The van der Waals surface area contributed by atoms with Gasteiger partial charge in [0, 0.05) is 0 Å². The average molecular weight is 280 g/mol. The van der Waals surface area contributed by atoms with Crippen LogP contribution in [0.15, 0.2) is 30.3 Å². The fourth-order valence-electron chi connectivity index (χ4n) is 1.52. The Morgan fingerprint density at radius 1 is 1.20 bits per heavy atom. The topological polar surface area (TPSA) is 72.8 Å². The first-order valence-corrected chi connectivity index (χ1v) is 6.38. The van der Waals surface area contributed by atoms with Crippen molar-refractivity contribution in [3.8, 4) is 0 Å². The molecule has 0 amide bonds. The van der Waals surface area contributed by atoms with E-state index in [0.717, 1.165) is 5.56 Å². The number of carbonyl (C=O) groups excluding carboxylic acids is 1. The molecule has 1 aromatic rings. The van der Waals surface area contributed by atoms with Crippen molar-refractivity contribution in [2.75, 3.05) is 0 Å². The first-order chi connectivity index (χ1) is 9.28. The van der Waals surface area contributed by atoms with Gasteiger partial charge in [-0.15, -0.1) is 0 Å². The Balaban J connectivity index is 2.53. The molecule has 0 unspecified atom stereocenters. The Labute approximate surface area is 118 Å². The summed E-state index contributed by atoms with van der Waals surface area (Å²) in [6.07, 6.45) is -1.51. The van der Waals surface area contributed by atoms with Crippen molar-refractivity contribution in [3.05, 3.63) is 35.9 Å². The van der Waals surface area contributed by atoms with Crippen LogP contribution in [0.4, 0.5) is 0 Å². The number of ether oxygens (including phenoxy) is 2. The van der Waals surface area contributed by atoms with E-state index in [1.54, 1.807) is 20.8 Å². The van der Waals surface area contributed by atoms with Gasteiger partial charge in [-0.05, 0) is 26.3 Å². The number of carbonyl (C=O) groups is 2. The average Bonchev–Trinajstić information content (AvgIpc) is 2.33. The summed E-state index contributed by atoms with van der Waals surface area (Å²) in [5, 5.41) is 9.07. The van der Waals surface area contributed by atoms with E-state index < -0.39 is 23.6 Å². The molecule has 0 aliphatic rings. The molecule has 0 aliphatic heterocycles. The molecule has 0 saturated heterocycles. The molecular formula is C15H20O5. The van der Waals surface area contributed by atoms with Crippen LogP contribution in [0, 0.1) is 0 Å². The van der Waals surface area contributed by atoms with E-state index in [-0.39, 0.29) is 13.0 Å². The number of carboxylic acid groups (broad SMARTS) is 1. The van der Waals surface area contributed by atoms with Crippen molar-refractivity contribution in [2.24, 2.45) is 0 Å². The smallest absolute Gasteiger partial charge is 0.333 e. The first-order valence-electron chi connectivity index (χ1n) is 6.38. The SMILES string of the molecule is CC(C)(C)OC(=O)C[C@@H](OCc1ccccc1)C(=O)O. The zero-order valence-electron chi connectivity index (χ0n) is 12.0. The van der Waals surface area contributed by atoms with Gasteiger partial charge in [-0.1, -0.05) is 30.3 Å². The number of benzene rings is 1. The second-order valence-electron chi connectivity index (χ2n) is 5.41. The van der Waals surface area contributed by atoms with Gasteiger partial charge in [0.25, 0.3) is 0 Å². The van der Waals surface area contributed by atoms with Crippen LogP contribution in [0.25, 0.3) is 0 Å². The van der Waals surface area contributed by atoms with Crippen molar-refractivity contribution in [1.82, 2.24) is 0 Å². The molecule has 1 aromatic carbocycles. The van der Waals surface area contributed by atoms with E-state index in [4.69, 9.17) is 14.6 Å².